The van der Waals surface area contributed by atoms with Crippen molar-refractivity contribution in [1.29, 1.82) is 0 Å². The summed E-state index contributed by atoms with van der Waals surface area (Å²) in [7, 11) is 1.75. The lowest BCUT2D eigenvalue weighted by Crippen LogP contribution is -2.25. The van der Waals surface area contributed by atoms with Crippen LogP contribution in [0, 0.1) is 0 Å². The van der Waals surface area contributed by atoms with Gasteiger partial charge in [-0.1, -0.05) is 59.5 Å². The summed E-state index contributed by atoms with van der Waals surface area (Å²) in [6.45, 7) is 3.90. The molecule has 2 nitrogen and oxygen atoms in total. The van der Waals surface area contributed by atoms with Crippen LogP contribution in [0.15, 0.2) is 36.9 Å². The summed E-state index contributed by atoms with van der Waals surface area (Å²) in [6.07, 6.45) is 0. The number of hydrogen-bond acceptors (Lipinski definition) is 1. The van der Waals surface area contributed by atoms with Crippen LogP contribution < -0.4 is 0 Å². The fourth-order valence-electron chi connectivity index (χ4n) is 1.06. The molecule has 0 saturated carbocycles. The third-order valence-electron chi connectivity index (χ3n) is 2.00. The van der Waals surface area contributed by atoms with E-state index in [4.69, 9.17) is 0 Å². The molecular weight excluding hydrogens is 289 g/mol. The van der Waals surface area contributed by atoms with Crippen molar-refractivity contribution in [2.24, 2.45) is 0 Å². The van der Waals surface area contributed by atoms with Gasteiger partial charge in [0.1, 0.15) is 0 Å². The standard InChI is InChI=1S/C11H12INO/c1-9(13(2)11(14)8-12)10-6-4-3-5-7-10/h3-7H,1,8H2,2H3. The Morgan fingerprint density at radius 3 is 2.50 bits per heavy atom. The summed E-state index contributed by atoms with van der Waals surface area (Å²) < 4.78 is 0.472. The zero-order valence-electron chi connectivity index (χ0n) is 8.03. The van der Waals surface area contributed by atoms with E-state index in [1.807, 2.05) is 52.9 Å². The lowest BCUT2D eigenvalue weighted by molar-refractivity contribution is -0.123. The van der Waals surface area contributed by atoms with Gasteiger partial charge in [0.05, 0.1) is 4.43 Å². The molecule has 1 aromatic rings. The molecule has 0 atom stereocenters. The van der Waals surface area contributed by atoms with E-state index in [0.29, 0.717) is 4.43 Å². The molecule has 0 aromatic heterocycles. The summed E-state index contributed by atoms with van der Waals surface area (Å²) in [5, 5.41) is 0. The molecule has 0 spiro atoms. The average Bonchev–Trinajstić information content (AvgIpc) is 2.27. The number of benzene rings is 1. The van der Waals surface area contributed by atoms with Gasteiger partial charge in [0.25, 0.3) is 0 Å². The maximum atomic E-state index is 11.4. The molecule has 0 fully saturated rings. The quantitative estimate of drug-likeness (QED) is 0.620. The largest absolute Gasteiger partial charge is 0.315 e. The summed E-state index contributed by atoms with van der Waals surface area (Å²) in [6, 6.07) is 9.70. The molecule has 0 aliphatic heterocycles. The van der Waals surface area contributed by atoms with E-state index in [-0.39, 0.29) is 5.91 Å². The molecule has 0 radical (unpaired) electrons. The van der Waals surface area contributed by atoms with E-state index in [2.05, 4.69) is 6.58 Å². The number of carbonyl (C=O) groups excluding carboxylic acids is 1. The van der Waals surface area contributed by atoms with E-state index in [0.717, 1.165) is 11.3 Å². The third kappa shape index (κ3) is 2.57. The average molecular weight is 301 g/mol. The Labute approximate surface area is 97.7 Å². The second-order valence-corrected chi connectivity index (χ2v) is 3.66. The normalized spacial score (nSPS) is 9.57. The fourth-order valence-corrected chi connectivity index (χ4v) is 1.58. The van der Waals surface area contributed by atoms with Gasteiger partial charge in [-0.05, 0) is 5.56 Å². The van der Waals surface area contributed by atoms with Gasteiger partial charge in [0, 0.05) is 12.7 Å². The van der Waals surface area contributed by atoms with Gasteiger partial charge >= 0.3 is 0 Å². The molecule has 1 amide bonds. The molecule has 0 bridgehead atoms. The van der Waals surface area contributed by atoms with Crippen LogP contribution in [-0.2, 0) is 4.79 Å². The first-order valence-corrected chi connectivity index (χ1v) is 5.76. The number of alkyl halides is 1. The predicted molar refractivity (Wildman–Crippen MR) is 67.1 cm³/mol. The SMILES string of the molecule is C=C(c1ccccc1)N(C)C(=O)CI. The minimum absolute atomic E-state index is 0.0689. The lowest BCUT2D eigenvalue weighted by atomic mass is 10.1. The first-order chi connectivity index (χ1) is 6.66. The lowest BCUT2D eigenvalue weighted by Gasteiger charge is -2.18. The summed E-state index contributed by atoms with van der Waals surface area (Å²) in [4.78, 5) is 13.0. The van der Waals surface area contributed by atoms with E-state index >= 15 is 0 Å². The smallest absolute Gasteiger partial charge is 0.236 e. The van der Waals surface area contributed by atoms with Crippen molar-refractivity contribution in [2.75, 3.05) is 11.5 Å². The van der Waals surface area contributed by atoms with Crippen LogP contribution in [0.2, 0.25) is 0 Å². The van der Waals surface area contributed by atoms with Gasteiger partial charge < -0.3 is 4.90 Å². The molecule has 14 heavy (non-hydrogen) atoms. The molecule has 1 aromatic carbocycles. The highest BCUT2D eigenvalue weighted by molar-refractivity contribution is 14.1. The van der Waals surface area contributed by atoms with Crippen LogP contribution in [0.3, 0.4) is 0 Å². The number of carbonyl (C=O) groups is 1. The van der Waals surface area contributed by atoms with Crippen LogP contribution in [0.5, 0.6) is 0 Å². The van der Waals surface area contributed by atoms with Gasteiger partial charge in [0.2, 0.25) is 5.91 Å². The van der Waals surface area contributed by atoms with Crippen molar-refractivity contribution in [3.05, 3.63) is 42.5 Å². The Kier molecular flexibility index (Phi) is 4.13. The third-order valence-corrected chi connectivity index (χ3v) is 2.65. The minimum Gasteiger partial charge on any atom is -0.315 e. The monoisotopic (exact) mass is 301 g/mol. The van der Waals surface area contributed by atoms with E-state index in [1.165, 1.54) is 0 Å². The molecule has 1 rings (SSSR count). The van der Waals surface area contributed by atoms with Crippen LogP contribution >= 0.6 is 22.6 Å². The first-order valence-electron chi connectivity index (χ1n) is 4.23. The van der Waals surface area contributed by atoms with Gasteiger partial charge in [-0.25, -0.2) is 0 Å². The van der Waals surface area contributed by atoms with Gasteiger partial charge in [0.15, 0.2) is 0 Å². The van der Waals surface area contributed by atoms with Crippen molar-refractivity contribution in [1.82, 2.24) is 4.90 Å². The van der Waals surface area contributed by atoms with Crippen LogP contribution in [0.4, 0.5) is 0 Å². The Balaban J connectivity index is 2.81. The second-order valence-electron chi connectivity index (χ2n) is 2.90. The van der Waals surface area contributed by atoms with Gasteiger partial charge in [-0.2, -0.15) is 0 Å². The predicted octanol–water partition coefficient (Wildman–Crippen LogP) is 2.55. The number of hydrogen-bond donors (Lipinski definition) is 0. The molecule has 0 saturated heterocycles. The van der Waals surface area contributed by atoms with E-state index < -0.39 is 0 Å². The number of amides is 1. The van der Waals surface area contributed by atoms with Gasteiger partial charge in [-0.3, -0.25) is 4.79 Å². The van der Waals surface area contributed by atoms with Crippen LogP contribution in [-0.4, -0.2) is 22.3 Å². The van der Waals surface area contributed by atoms with Crippen molar-refractivity contribution in [2.45, 2.75) is 0 Å². The van der Waals surface area contributed by atoms with E-state index in [9.17, 15) is 4.79 Å². The number of rotatable bonds is 3. The highest BCUT2D eigenvalue weighted by Crippen LogP contribution is 2.15. The molecular formula is C11H12INO. The second kappa shape index (κ2) is 5.14. The Bertz CT molecular complexity index is 334. The van der Waals surface area contributed by atoms with Crippen molar-refractivity contribution >= 4 is 34.2 Å². The maximum Gasteiger partial charge on any atom is 0.236 e. The van der Waals surface area contributed by atoms with Crippen molar-refractivity contribution in [3.63, 3.8) is 0 Å². The van der Waals surface area contributed by atoms with Crippen molar-refractivity contribution < 1.29 is 4.79 Å². The Hall–Kier alpha value is -0.840. The number of halogens is 1. The molecule has 3 heteroatoms. The molecule has 0 unspecified atom stereocenters. The summed E-state index contributed by atoms with van der Waals surface area (Å²) in [5.41, 5.74) is 1.72. The highest BCUT2D eigenvalue weighted by atomic mass is 127. The molecule has 0 N–H and O–H groups in total. The van der Waals surface area contributed by atoms with E-state index in [1.54, 1.807) is 11.9 Å². The topological polar surface area (TPSA) is 20.3 Å². The highest BCUT2D eigenvalue weighted by Gasteiger charge is 2.10. The Morgan fingerprint density at radius 2 is 2.00 bits per heavy atom. The Morgan fingerprint density at radius 1 is 1.43 bits per heavy atom. The van der Waals surface area contributed by atoms with Crippen molar-refractivity contribution in [3.8, 4) is 0 Å². The first kappa shape index (κ1) is 11.2. The van der Waals surface area contributed by atoms with Crippen LogP contribution in [0.25, 0.3) is 5.70 Å². The number of nitrogens with zero attached hydrogens (tertiary/aromatic N) is 1. The molecule has 0 aliphatic rings. The zero-order chi connectivity index (χ0) is 10.6. The maximum absolute atomic E-state index is 11.4. The molecule has 74 valence electrons. The summed E-state index contributed by atoms with van der Waals surface area (Å²) >= 11 is 2.05. The molecule has 0 heterocycles. The minimum atomic E-state index is 0.0689. The zero-order valence-corrected chi connectivity index (χ0v) is 10.2. The fraction of sp³-hybridized carbons (Fsp3) is 0.182. The van der Waals surface area contributed by atoms with Crippen LogP contribution in [0.1, 0.15) is 5.56 Å². The molecule has 0 aliphatic carbocycles. The van der Waals surface area contributed by atoms with Gasteiger partial charge in [-0.15, -0.1) is 0 Å². The summed E-state index contributed by atoms with van der Waals surface area (Å²) in [5.74, 6) is 0.0689.